The lowest BCUT2D eigenvalue weighted by Gasteiger charge is -2.11. The summed E-state index contributed by atoms with van der Waals surface area (Å²) in [4.78, 5) is 35.1. The first-order chi connectivity index (χ1) is 10.9. The Morgan fingerprint density at radius 2 is 1.83 bits per heavy atom. The Labute approximate surface area is 137 Å². The summed E-state index contributed by atoms with van der Waals surface area (Å²) >= 11 is 5.75. The number of rotatable bonds is 5. The molecule has 0 aliphatic heterocycles. The third-order valence-corrected chi connectivity index (χ3v) is 3.53. The minimum atomic E-state index is -0.445. The number of nitrogens with one attached hydrogen (secondary N) is 1. The predicted molar refractivity (Wildman–Crippen MR) is 85.7 cm³/mol. The molecule has 0 unspecified atom stereocenters. The number of aromatic nitrogens is 2. The van der Waals surface area contributed by atoms with E-state index in [9.17, 15) is 14.4 Å². The number of nitrogens with zero attached hydrogens (tertiary/aromatic N) is 2. The van der Waals surface area contributed by atoms with Crippen LogP contribution in [0.4, 0.5) is 0 Å². The average molecular weight is 338 g/mol. The topological polar surface area (TPSA) is 82.3 Å². The molecule has 1 N–H and O–H groups in total. The van der Waals surface area contributed by atoms with E-state index in [1.165, 1.54) is 24.7 Å². The molecule has 0 saturated heterocycles. The van der Waals surface area contributed by atoms with E-state index in [1.807, 2.05) is 0 Å². The third-order valence-electron chi connectivity index (χ3n) is 3.28. The van der Waals surface area contributed by atoms with Crippen molar-refractivity contribution >= 4 is 17.5 Å². The number of benzene rings is 1. The molecule has 0 aliphatic rings. The fraction of sp³-hybridized carbons (Fsp3) is 0.267. The van der Waals surface area contributed by atoms with Crippen LogP contribution in [0.2, 0.25) is 5.02 Å². The van der Waals surface area contributed by atoms with Crippen LogP contribution >= 0.6 is 11.6 Å². The van der Waals surface area contributed by atoms with Crippen molar-refractivity contribution in [3.63, 3.8) is 0 Å². The Kier molecular flexibility index (Phi) is 5.23. The molecule has 0 fully saturated rings. The molecule has 7 nitrogen and oxygen atoms in total. The van der Waals surface area contributed by atoms with Gasteiger partial charge in [0.2, 0.25) is 0 Å². The fourth-order valence-electron chi connectivity index (χ4n) is 1.87. The first kappa shape index (κ1) is 16.8. The molecule has 0 spiro atoms. The van der Waals surface area contributed by atoms with Crippen LogP contribution in [0.25, 0.3) is 0 Å². The number of carbonyl (C=O) groups is 1. The Hall–Kier alpha value is -2.54. The largest absolute Gasteiger partial charge is 0.484 e. The summed E-state index contributed by atoms with van der Waals surface area (Å²) in [7, 11) is 2.93. The van der Waals surface area contributed by atoms with Crippen molar-refractivity contribution in [1.29, 1.82) is 0 Å². The van der Waals surface area contributed by atoms with Gasteiger partial charge in [-0.3, -0.25) is 18.7 Å². The van der Waals surface area contributed by atoms with Gasteiger partial charge in [0.25, 0.3) is 11.5 Å². The minimum Gasteiger partial charge on any atom is -0.484 e. The number of amides is 1. The van der Waals surface area contributed by atoms with Crippen molar-refractivity contribution in [2.75, 3.05) is 6.61 Å². The van der Waals surface area contributed by atoms with Crippen LogP contribution < -0.4 is 21.3 Å². The zero-order valence-corrected chi connectivity index (χ0v) is 13.5. The van der Waals surface area contributed by atoms with Gasteiger partial charge < -0.3 is 10.1 Å². The second-order valence-electron chi connectivity index (χ2n) is 4.89. The standard InChI is InChI=1S/C15H16ClN3O4/c1-18-11(7-14(21)19(2)15(18)22)8-17-13(20)9-23-12-5-3-10(16)4-6-12/h3-7H,8-9H2,1-2H3,(H,17,20). The smallest absolute Gasteiger partial charge is 0.330 e. The highest BCUT2D eigenvalue weighted by atomic mass is 35.5. The van der Waals surface area contributed by atoms with E-state index in [0.29, 0.717) is 16.5 Å². The highest BCUT2D eigenvalue weighted by Gasteiger charge is 2.08. The van der Waals surface area contributed by atoms with Crippen molar-refractivity contribution in [2.24, 2.45) is 14.1 Å². The maximum atomic E-state index is 11.8. The second-order valence-corrected chi connectivity index (χ2v) is 5.33. The van der Waals surface area contributed by atoms with E-state index in [-0.39, 0.29) is 19.1 Å². The molecular formula is C15H16ClN3O4. The molecule has 8 heteroatoms. The summed E-state index contributed by atoms with van der Waals surface area (Å²) in [5, 5.41) is 3.17. The monoisotopic (exact) mass is 337 g/mol. The molecule has 1 amide bonds. The van der Waals surface area contributed by atoms with Gasteiger partial charge >= 0.3 is 5.69 Å². The quantitative estimate of drug-likeness (QED) is 0.858. The molecule has 23 heavy (non-hydrogen) atoms. The van der Waals surface area contributed by atoms with E-state index in [2.05, 4.69) is 5.32 Å². The van der Waals surface area contributed by atoms with Gasteiger partial charge in [0.1, 0.15) is 5.75 Å². The molecule has 1 aromatic heterocycles. The molecule has 0 aliphatic carbocycles. The molecular weight excluding hydrogens is 322 g/mol. The van der Waals surface area contributed by atoms with Gasteiger partial charge in [0, 0.05) is 30.9 Å². The van der Waals surface area contributed by atoms with Gasteiger partial charge in [-0.05, 0) is 24.3 Å². The van der Waals surface area contributed by atoms with Crippen LogP contribution in [-0.2, 0) is 25.4 Å². The molecule has 0 radical (unpaired) electrons. The van der Waals surface area contributed by atoms with Gasteiger partial charge in [-0.2, -0.15) is 0 Å². The van der Waals surface area contributed by atoms with Gasteiger partial charge in [0.15, 0.2) is 6.61 Å². The highest BCUT2D eigenvalue weighted by molar-refractivity contribution is 6.30. The Balaban J connectivity index is 1.93. The van der Waals surface area contributed by atoms with Crippen molar-refractivity contribution in [3.05, 3.63) is 61.9 Å². The number of ether oxygens (including phenoxy) is 1. The number of hydrogen-bond donors (Lipinski definition) is 1. The summed E-state index contributed by atoms with van der Waals surface area (Å²) in [6, 6.07) is 7.93. The van der Waals surface area contributed by atoms with Gasteiger partial charge in [-0.25, -0.2) is 4.79 Å². The highest BCUT2D eigenvalue weighted by Crippen LogP contribution is 2.15. The molecule has 0 bridgehead atoms. The summed E-state index contributed by atoms with van der Waals surface area (Å²) in [5.74, 6) is 0.151. The summed E-state index contributed by atoms with van der Waals surface area (Å²) < 4.78 is 7.61. The molecule has 2 aromatic rings. The van der Waals surface area contributed by atoms with E-state index in [1.54, 1.807) is 24.3 Å². The van der Waals surface area contributed by atoms with Crippen molar-refractivity contribution in [2.45, 2.75) is 6.54 Å². The first-order valence-electron chi connectivity index (χ1n) is 6.79. The zero-order chi connectivity index (χ0) is 17.0. The normalized spacial score (nSPS) is 10.4. The lowest BCUT2D eigenvalue weighted by molar-refractivity contribution is -0.123. The number of hydrogen-bond acceptors (Lipinski definition) is 4. The molecule has 0 saturated carbocycles. The summed E-state index contributed by atoms with van der Waals surface area (Å²) in [6.45, 7) is -0.120. The van der Waals surface area contributed by atoms with E-state index >= 15 is 0 Å². The van der Waals surface area contributed by atoms with Gasteiger partial charge in [-0.15, -0.1) is 0 Å². The van der Waals surface area contributed by atoms with Gasteiger partial charge in [0.05, 0.1) is 6.54 Å². The van der Waals surface area contributed by atoms with E-state index in [4.69, 9.17) is 16.3 Å². The van der Waals surface area contributed by atoms with Crippen LogP contribution in [0.3, 0.4) is 0 Å². The third kappa shape index (κ3) is 4.23. The molecule has 0 atom stereocenters. The average Bonchev–Trinajstić information content (AvgIpc) is 2.54. The zero-order valence-electron chi connectivity index (χ0n) is 12.7. The second kappa shape index (κ2) is 7.15. The van der Waals surface area contributed by atoms with Crippen molar-refractivity contribution in [1.82, 2.24) is 14.5 Å². The molecule has 122 valence electrons. The van der Waals surface area contributed by atoms with Gasteiger partial charge in [-0.1, -0.05) is 11.6 Å². The molecule has 1 aromatic carbocycles. The maximum absolute atomic E-state index is 11.8. The first-order valence-corrected chi connectivity index (χ1v) is 7.17. The van der Waals surface area contributed by atoms with Crippen LogP contribution in [0, 0.1) is 0 Å². The molecule has 1 heterocycles. The summed E-state index contributed by atoms with van der Waals surface area (Å²) in [5.41, 5.74) is -0.452. The van der Waals surface area contributed by atoms with E-state index in [0.717, 1.165) is 4.57 Å². The number of carbonyl (C=O) groups excluding carboxylic acids is 1. The van der Waals surface area contributed by atoms with E-state index < -0.39 is 11.2 Å². The van der Waals surface area contributed by atoms with Crippen LogP contribution in [0.5, 0.6) is 5.75 Å². The van der Waals surface area contributed by atoms with Crippen LogP contribution in [0.15, 0.2) is 39.9 Å². The Morgan fingerprint density at radius 3 is 2.48 bits per heavy atom. The fourth-order valence-corrected chi connectivity index (χ4v) is 1.99. The van der Waals surface area contributed by atoms with Crippen LogP contribution in [-0.4, -0.2) is 21.6 Å². The van der Waals surface area contributed by atoms with Crippen molar-refractivity contribution < 1.29 is 9.53 Å². The summed E-state index contributed by atoms with van der Waals surface area (Å²) in [6.07, 6.45) is 0. The SMILES string of the molecule is Cn1c(CNC(=O)COc2ccc(Cl)cc2)cc(=O)n(C)c1=O. The Bertz CT molecular complexity index is 824. The minimum absolute atomic E-state index is 0.0601. The van der Waals surface area contributed by atoms with Crippen LogP contribution in [0.1, 0.15) is 5.69 Å². The Morgan fingerprint density at radius 1 is 1.17 bits per heavy atom. The lowest BCUT2D eigenvalue weighted by atomic mass is 10.3. The van der Waals surface area contributed by atoms with Crippen molar-refractivity contribution in [3.8, 4) is 5.75 Å². The predicted octanol–water partition coefficient (Wildman–Crippen LogP) is 0.433. The number of halogens is 1. The lowest BCUT2D eigenvalue weighted by Crippen LogP contribution is -2.40. The maximum Gasteiger partial charge on any atom is 0.330 e. The molecule has 2 rings (SSSR count).